The quantitative estimate of drug-likeness (QED) is 0.239. The molecule has 198 valence electrons. The molecule has 0 aliphatic heterocycles. The van der Waals surface area contributed by atoms with E-state index in [1.807, 2.05) is 79.0 Å². The van der Waals surface area contributed by atoms with E-state index in [1.54, 1.807) is 7.11 Å². The van der Waals surface area contributed by atoms with E-state index in [-0.39, 0.29) is 31.3 Å². The van der Waals surface area contributed by atoms with Gasteiger partial charge in [0.25, 0.3) is 0 Å². The van der Waals surface area contributed by atoms with Crippen LogP contribution in [-0.4, -0.2) is 36.9 Å². The van der Waals surface area contributed by atoms with Crippen molar-refractivity contribution in [1.82, 2.24) is 10.3 Å². The minimum Gasteiger partial charge on any atom is -0.496 e. The Kier molecular flexibility index (Phi) is 9.16. The van der Waals surface area contributed by atoms with Gasteiger partial charge in [0.05, 0.1) is 13.0 Å². The zero-order valence-electron chi connectivity index (χ0n) is 21.9. The van der Waals surface area contributed by atoms with Gasteiger partial charge in [0, 0.05) is 36.1 Å². The molecule has 0 aliphatic carbocycles. The van der Waals surface area contributed by atoms with Gasteiger partial charge in [-0.2, -0.15) is 0 Å². The first-order chi connectivity index (χ1) is 18.5. The highest BCUT2D eigenvalue weighted by molar-refractivity contribution is 5.88. The first-order valence-corrected chi connectivity index (χ1v) is 12.9. The number of nitrogens with one attached hydrogen (secondary N) is 2. The Balaban J connectivity index is 1.45. The minimum absolute atomic E-state index is 0.113. The van der Waals surface area contributed by atoms with Gasteiger partial charge >= 0.3 is 0 Å². The van der Waals surface area contributed by atoms with Crippen LogP contribution < -0.4 is 20.5 Å². The van der Waals surface area contributed by atoms with Crippen molar-refractivity contribution in [3.63, 3.8) is 0 Å². The average Bonchev–Trinajstić information content (AvgIpc) is 3.39. The predicted molar refractivity (Wildman–Crippen MR) is 149 cm³/mol. The normalized spacial score (nSPS) is 12.6. The number of H-pyrrole nitrogens is 1. The zero-order valence-corrected chi connectivity index (χ0v) is 21.9. The summed E-state index contributed by atoms with van der Waals surface area (Å²) >= 11 is 0. The summed E-state index contributed by atoms with van der Waals surface area (Å²) < 4.78 is 11.2. The minimum atomic E-state index is -0.667. The van der Waals surface area contributed by atoms with Crippen LogP contribution in [0.15, 0.2) is 79.0 Å². The molecule has 7 heteroatoms. The molecule has 2 unspecified atom stereocenters. The van der Waals surface area contributed by atoms with E-state index in [9.17, 15) is 9.59 Å². The van der Waals surface area contributed by atoms with Gasteiger partial charge in [-0.15, -0.1) is 0 Å². The molecule has 38 heavy (non-hydrogen) atoms. The van der Waals surface area contributed by atoms with E-state index in [0.29, 0.717) is 12.2 Å². The average molecular weight is 514 g/mol. The number of ketones is 1. The third kappa shape index (κ3) is 6.61. The molecule has 0 spiro atoms. The van der Waals surface area contributed by atoms with E-state index in [0.717, 1.165) is 34.2 Å². The fourth-order valence-electron chi connectivity index (χ4n) is 4.58. The lowest BCUT2D eigenvalue weighted by atomic mass is 9.90. The largest absolute Gasteiger partial charge is 0.496 e. The summed E-state index contributed by atoms with van der Waals surface area (Å²) in [5.74, 6) is 0.372. The lowest BCUT2D eigenvalue weighted by Gasteiger charge is -2.23. The van der Waals surface area contributed by atoms with Crippen LogP contribution in [0.25, 0.3) is 10.9 Å². The summed E-state index contributed by atoms with van der Waals surface area (Å²) in [5.41, 5.74) is 10.6. The molecule has 0 bridgehead atoms. The highest BCUT2D eigenvalue weighted by atomic mass is 16.5. The number of carbonyl (C=O) groups is 2. The Labute approximate surface area is 223 Å². The van der Waals surface area contributed by atoms with E-state index in [1.165, 1.54) is 5.56 Å². The van der Waals surface area contributed by atoms with Crippen LogP contribution in [0.5, 0.6) is 11.5 Å². The predicted octanol–water partition coefficient (Wildman–Crippen LogP) is 4.75. The number of aromatic nitrogens is 1. The highest BCUT2D eigenvalue weighted by Gasteiger charge is 2.29. The van der Waals surface area contributed by atoms with Crippen molar-refractivity contribution in [3.8, 4) is 11.5 Å². The molecule has 4 rings (SSSR count). The number of aromatic amines is 1. The van der Waals surface area contributed by atoms with E-state index >= 15 is 0 Å². The van der Waals surface area contributed by atoms with Crippen LogP contribution in [0.4, 0.5) is 0 Å². The van der Waals surface area contributed by atoms with Crippen LogP contribution in [0.2, 0.25) is 0 Å². The highest BCUT2D eigenvalue weighted by Crippen LogP contribution is 2.28. The Hall–Kier alpha value is -4.10. The molecule has 1 amide bonds. The molecule has 7 nitrogen and oxygen atoms in total. The molecule has 0 radical (unpaired) electrons. The standard InChI is InChI=1S/C31H35N3O4/c1-3-21-12-15-23(16-13-21)38-20-28(35)26(31(32)25-18-33-27-10-6-5-9-24(25)27)19-34-30(36)17-14-22-8-4-7-11-29(22)37-2/h4-13,15-16,18,26,31,33H,3,14,17,19-20,32H2,1-2H3,(H,34,36). The second-order valence-corrected chi connectivity index (χ2v) is 9.29. The maximum atomic E-state index is 13.4. The van der Waals surface area contributed by atoms with Gasteiger partial charge in [-0.25, -0.2) is 0 Å². The zero-order chi connectivity index (χ0) is 26.9. The molecule has 0 saturated heterocycles. The van der Waals surface area contributed by atoms with Crippen molar-refractivity contribution in [2.45, 2.75) is 32.2 Å². The van der Waals surface area contributed by atoms with Crippen LogP contribution in [0, 0.1) is 5.92 Å². The van der Waals surface area contributed by atoms with Crippen molar-refractivity contribution in [2.24, 2.45) is 11.7 Å². The molecule has 4 aromatic rings. The number of benzene rings is 3. The SMILES string of the molecule is CCc1ccc(OCC(=O)C(CNC(=O)CCc2ccccc2OC)C(N)c2c[nH]c3ccccc23)cc1. The number of hydrogen-bond donors (Lipinski definition) is 3. The fraction of sp³-hybridized carbons (Fsp3) is 0.290. The van der Waals surface area contributed by atoms with Gasteiger partial charge in [0.1, 0.15) is 18.1 Å². The number of rotatable bonds is 13. The molecule has 4 N–H and O–H groups in total. The molecule has 1 aromatic heterocycles. The molecule has 0 aliphatic rings. The number of para-hydroxylation sites is 2. The second kappa shape index (κ2) is 12.9. The number of nitrogens with two attached hydrogens (primary N) is 1. The fourth-order valence-corrected chi connectivity index (χ4v) is 4.58. The Morgan fingerprint density at radius 2 is 1.74 bits per heavy atom. The summed E-state index contributed by atoms with van der Waals surface area (Å²) in [6.07, 6.45) is 3.56. The Morgan fingerprint density at radius 1 is 1.00 bits per heavy atom. The second-order valence-electron chi connectivity index (χ2n) is 9.29. The summed E-state index contributed by atoms with van der Waals surface area (Å²) in [4.78, 5) is 29.4. The first-order valence-electron chi connectivity index (χ1n) is 12.9. The van der Waals surface area contributed by atoms with Gasteiger partial charge in [0.15, 0.2) is 5.78 Å². The van der Waals surface area contributed by atoms with Crippen LogP contribution in [0.3, 0.4) is 0 Å². The van der Waals surface area contributed by atoms with Gasteiger partial charge in [-0.05, 0) is 53.8 Å². The first kappa shape index (κ1) is 26.9. The van der Waals surface area contributed by atoms with Crippen LogP contribution in [0.1, 0.15) is 36.1 Å². The van der Waals surface area contributed by atoms with Crippen molar-refractivity contribution in [1.29, 1.82) is 0 Å². The summed E-state index contributed by atoms with van der Waals surface area (Å²) in [5, 5.41) is 3.88. The van der Waals surface area contributed by atoms with Gasteiger partial charge in [0.2, 0.25) is 5.91 Å². The molecule has 3 aromatic carbocycles. The number of ether oxygens (including phenoxy) is 2. The summed E-state index contributed by atoms with van der Waals surface area (Å²) in [7, 11) is 1.61. The van der Waals surface area contributed by atoms with Gasteiger partial charge in [-0.1, -0.05) is 55.5 Å². The Morgan fingerprint density at radius 3 is 2.50 bits per heavy atom. The Bertz CT molecular complexity index is 1360. The molecular weight excluding hydrogens is 478 g/mol. The molecule has 0 fully saturated rings. The smallest absolute Gasteiger partial charge is 0.220 e. The van der Waals surface area contributed by atoms with Crippen LogP contribution >= 0.6 is 0 Å². The van der Waals surface area contributed by atoms with E-state index < -0.39 is 12.0 Å². The van der Waals surface area contributed by atoms with Gasteiger partial charge in [-0.3, -0.25) is 9.59 Å². The van der Waals surface area contributed by atoms with Crippen LogP contribution in [-0.2, 0) is 22.4 Å². The van der Waals surface area contributed by atoms with Gasteiger partial charge < -0.3 is 25.5 Å². The number of methoxy groups -OCH3 is 1. The summed E-state index contributed by atoms with van der Waals surface area (Å²) in [6, 6.07) is 22.5. The number of amides is 1. The number of Topliss-reactive ketones (excluding diaryl/α,β-unsaturated/α-hetero) is 1. The molecule has 2 atom stereocenters. The third-order valence-corrected chi connectivity index (χ3v) is 6.87. The monoisotopic (exact) mass is 513 g/mol. The maximum absolute atomic E-state index is 13.4. The van der Waals surface area contributed by atoms with E-state index in [4.69, 9.17) is 15.2 Å². The molecule has 0 saturated carbocycles. The lowest BCUT2D eigenvalue weighted by Crippen LogP contribution is -2.40. The third-order valence-electron chi connectivity index (χ3n) is 6.87. The number of fused-ring (bicyclic) bond motifs is 1. The topological polar surface area (TPSA) is 106 Å². The van der Waals surface area contributed by atoms with Crippen molar-refractivity contribution in [3.05, 3.63) is 95.7 Å². The maximum Gasteiger partial charge on any atom is 0.220 e. The van der Waals surface area contributed by atoms with Crippen molar-refractivity contribution < 1.29 is 19.1 Å². The van der Waals surface area contributed by atoms with Crippen molar-refractivity contribution >= 4 is 22.6 Å². The lowest BCUT2D eigenvalue weighted by molar-refractivity contribution is -0.126. The summed E-state index contributed by atoms with van der Waals surface area (Å²) in [6.45, 7) is 2.06. The van der Waals surface area contributed by atoms with Crippen molar-refractivity contribution in [2.75, 3.05) is 20.3 Å². The number of hydrogen-bond acceptors (Lipinski definition) is 5. The number of aryl methyl sites for hydroxylation is 2. The molecular formula is C31H35N3O4. The van der Waals surface area contributed by atoms with E-state index in [2.05, 4.69) is 17.2 Å². The number of carbonyl (C=O) groups excluding carboxylic acids is 2. The molecule has 1 heterocycles.